The smallest absolute Gasteiger partial charge is 0.276 e. The first-order chi connectivity index (χ1) is 13.9. The number of amides is 2. The number of halogens is 1. The molecule has 9 heteroatoms. The first-order valence-electron chi connectivity index (χ1n) is 8.76. The summed E-state index contributed by atoms with van der Waals surface area (Å²) < 4.78 is 15.8. The molecule has 29 heavy (non-hydrogen) atoms. The minimum absolute atomic E-state index is 0.0899. The molecule has 0 saturated heterocycles. The number of carbonyl (C=O) groups excluding carboxylic acids is 2. The molecule has 2 amide bonds. The third kappa shape index (κ3) is 7.52. The Kier molecular flexibility index (Phi) is 8.57. The van der Waals surface area contributed by atoms with Crippen molar-refractivity contribution in [3.8, 4) is 17.2 Å². The van der Waals surface area contributed by atoms with Crippen LogP contribution in [0.3, 0.4) is 0 Å². The average Bonchev–Trinajstić information content (AvgIpc) is 2.71. The third-order valence-electron chi connectivity index (χ3n) is 3.84. The lowest BCUT2D eigenvalue weighted by Crippen LogP contribution is -2.47. The van der Waals surface area contributed by atoms with Crippen LogP contribution in [0.15, 0.2) is 42.5 Å². The second-order valence-corrected chi connectivity index (χ2v) is 6.64. The van der Waals surface area contributed by atoms with Crippen molar-refractivity contribution >= 4 is 23.4 Å². The van der Waals surface area contributed by atoms with Gasteiger partial charge >= 0.3 is 0 Å². The quantitative estimate of drug-likeness (QED) is 0.602. The van der Waals surface area contributed by atoms with Crippen LogP contribution in [0.5, 0.6) is 17.2 Å². The van der Waals surface area contributed by atoms with Crippen molar-refractivity contribution in [1.82, 2.24) is 15.8 Å². The molecule has 0 spiro atoms. The van der Waals surface area contributed by atoms with Gasteiger partial charge in [-0.1, -0.05) is 17.7 Å². The number of hydrazine groups is 1. The van der Waals surface area contributed by atoms with Gasteiger partial charge in [-0.2, -0.15) is 0 Å². The molecule has 2 aromatic carbocycles. The lowest BCUT2D eigenvalue weighted by molar-refractivity contribution is -0.130. The predicted molar refractivity (Wildman–Crippen MR) is 109 cm³/mol. The number of nitrogens with one attached hydrogen (secondary N) is 2. The lowest BCUT2D eigenvalue weighted by atomic mass is 10.2. The molecule has 0 aromatic heterocycles. The Bertz CT molecular complexity index is 829. The van der Waals surface area contributed by atoms with Gasteiger partial charge in [0, 0.05) is 11.6 Å². The maximum absolute atomic E-state index is 12.0. The molecule has 0 saturated carbocycles. The number of likely N-dealkylation sites (N-methyl/N-ethyl adjacent to an activating group) is 1. The summed E-state index contributed by atoms with van der Waals surface area (Å²) in [5.41, 5.74) is 5.63. The summed E-state index contributed by atoms with van der Waals surface area (Å²) in [6.07, 6.45) is 0. The molecule has 0 bridgehead atoms. The maximum atomic E-state index is 12.0. The Morgan fingerprint density at radius 2 is 1.62 bits per heavy atom. The van der Waals surface area contributed by atoms with E-state index in [0.29, 0.717) is 28.8 Å². The largest absolute Gasteiger partial charge is 0.493 e. The number of carbonyl (C=O) groups is 2. The number of methoxy groups -OCH3 is 2. The van der Waals surface area contributed by atoms with Crippen LogP contribution in [0.1, 0.15) is 5.56 Å². The van der Waals surface area contributed by atoms with Gasteiger partial charge in [-0.05, 0) is 49.0 Å². The molecule has 2 N–H and O–H groups in total. The van der Waals surface area contributed by atoms with Crippen LogP contribution < -0.4 is 25.1 Å². The standard InChI is InChI=1S/C20H24ClN3O5/c1-24(11-14-4-9-17(27-2)18(10-14)28-3)12-19(25)22-23-20(26)13-29-16-7-5-15(21)6-8-16/h4-10H,11-13H2,1-3H3,(H,22,25)(H,23,26). The van der Waals surface area contributed by atoms with E-state index in [1.165, 1.54) is 0 Å². The van der Waals surface area contributed by atoms with E-state index in [4.69, 9.17) is 25.8 Å². The van der Waals surface area contributed by atoms with Crippen molar-refractivity contribution in [2.75, 3.05) is 34.4 Å². The SMILES string of the molecule is COc1ccc(CN(C)CC(=O)NNC(=O)COc2ccc(Cl)cc2)cc1OC. The molecule has 0 fully saturated rings. The van der Waals surface area contributed by atoms with Gasteiger partial charge in [0.25, 0.3) is 11.8 Å². The van der Waals surface area contributed by atoms with Crippen LogP contribution in [0.25, 0.3) is 0 Å². The van der Waals surface area contributed by atoms with Gasteiger partial charge in [0.15, 0.2) is 18.1 Å². The zero-order valence-electron chi connectivity index (χ0n) is 16.5. The molecule has 2 rings (SSSR count). The highest BCUT2D eigenvalue weighted by Gasteiger charge is 2.11. The van der Waals surface area contributed by atoms with Crippen LogP contribution in [0.4, 0.5) is 0 Å². The summed E-state index contributed by atoms with van der Waals surface area (Å²) in [6.45, 7) is 0.372. The first kappa shape index (κ1) is 22.3. The molecular weight excluding hydrogens is 398 g/mol. The fraction of sp³-hybridized carbons (Fsp3) is 0.300. The third-order valence-corrected chi connectivity index (χ3v) is 4.09. The van der Waals surface area contributed by atoms with Gasteiger partial charge in [-0.3, -0.25) is 25.3 Å². The van der Waals surface area contributed by atoms with Crippen molar-refractivity contribution in [3.63, 3.8) is 0 Å². The fourth-order valence-corrected chi connectivity index (χ4v) is 2.61. The zero-order valence-corrected chi connectivity index (χ0v) is 17.3. The van der Waals surface area contributed by atoms with Gasteiger partial charge in [-0.15, -0.1) is 0 Å². The van der Waals surface area contributed by atoms with Gasteiger partial charge in [-0.25, -0.2) is 0 Å². The molecule has 0 heterocycles. The van der Waals surface area contributed by atoms with Crippen molar-refractivity contribution in [2.45, 2.75) is 6.54 Å². The molecule has 0 aliphatic heterocycles. The van der Waals surface area contributed by atoms with E-state index in [1.807, 2.05) is 18.2 Å². The van der Waals surface area contributed by atoms with Crippen LogP contribution >= 0.6 is 11.6 Å². The second kappa shape index (κ2) is 11.1. The summed E-state index contributed by atoms with van der Waals surface area (Å²) in [5.74, 6) is 0.935. The topological polar surface area (TPSA) is 89.1 Å². The number of nitrogens with zero attached hydrogens (tertiary/aromatic N) is 1. The molecular formula is C20H24ClN3O5. The number of ether oxygens (including phenoxy) is 3. The normalized spacial score (nSPS) is 10.4. The highest BCUT2D eigenvalue weighted by molar-refractivity contribution is 6.30. The van der Waals surface area contributed by atoms with Gasteiger partial charge < -0.3 is 14.2 Å². The van der Waals surface area contributed by atoms with E-state index in [0.717, 1.165) is 5.56 Å². The van der Waals surface area contributed by atoms with Gasteiger partial charge in [0.1, 0.15) is 5.75 Å². The molecule has 8 nitrogen and oxygen atoms in total. The van der Waals surface area contributed by atoms with Crippen LogP contribution in [-0.2, 0) is 16.1 Å². The van der Waals surface area contributed by atoms with Gasteiger partial charge in [0.2, 0.25) is 0 Å². The van der Waals surface area contributed by atoms with E-state index in [-0.39, 0.29) is 19.1 Å². The van der Waals surface area contributed by atoms with Crippen molar-refractivity contribution in [3.05, 3.63) is 53.1 Å². The Morgan fingerprint density at radius 3 is 2.28 bits per heavy atom. The van der Waals surface area contributed by atoms with Crippen molar-refractivity contribution < 1.29 is 23.8 Å². The summed E-state index contributed by atoms with van der Waals surface area (Å²) in [6, 6.07) is 12.2. The molecule has 2 aromatic rings. The monoisotopic (exact) mass is 421 g/mol. The van der Waals surface area contributed by atoms with Crippen molar-refractivity contribution in [2.24, 2.45) is 0 Å². The lowest BCUT2D eigenvalue weighted by Gasteiger charge is -2.17. The minimum atomic E-state index is -0.476. The second-order valence-electron chi connectivity index (χ2n) is 6.20. The fourth-order valence-electron chi connectivity index (χ4n) is 2.49. The van der Waals surface area contributed by atoms with Crippen molar-refractivity contribution in [1.29, 1.82) is 0 Å². The van der Waals surface area contributed by atoms with E-state index < -0.39 is 5.91 Å². The summed E-state index contributed by atoms with van der Waals surface area (Å²) in [5, 5.41) is 0.575. The van der Waals surface area contributed by atoms with E-state index in [2.05, 4.69) is 10.9 Å². The predicted octanol–water partition coefficient (Wildman–Crippen LogP) is 2.02. The Hall–Kier alpha value is -2.97. The molecule has 0 aliphatic rings. The number of benzene rings is 2. The number of hydrogen-bond acceptors (Lipinski definition) is 6. The molecule has 0 radical (unpaired) electrons. The summed E-state index contributed by atoms with van der Waals surface area (Å²) >= 11 is 5.78. The molecule has 0 aliphatic carbocycles. The Labute approximate surface area is 174 Å². The average molecular weight is 422 g/mol. The summed E-state index contributed by atoms with van der Waals surface area (Å²) in [4.78, 5) is 25.6. The zero-order chi connectivity index (χ0) is 21.2. The first-order valence-corrected chi connectivity index (χ1v) is 9.14. The van der Waals surface area contributed by atoms with E-state index >= 15 is 0 Å². The molecule has 0 unspecified atom stereocenters. The Morgan fingerprint density at radius 1 is 0.966 bits per heavy atom. The van der Waals surface area contributed by atoms with Gasteiger partial charge in [0.05, 0.1) is 20.8 Å². The minimum Gasteiger partial charge on any atom is -0.493 e. The summed E-state index contributed by atoms with van der Waals surface area (Å²) in [7, 11) is 4.93. The van der Waals surface area contributed by atoms with E-state index in [9.17, 15) is 9.59 Å². The Balaban J connectivity index is 1.72. The number of hydrogen-bond donors (Lipinski definition) is 2. The maximum Gasteiger partial charge on any atom is 0.276 e. The molecule has 156 valence electrons. The van der Waals surface area contributed by atoms with Crippen LogP contribution in [0.2, 0.25) is 5.02 Å². The highest BCUT2D eigenvalue weighted by atomic mass is 35.5. The number of rotatable bonds is 9. The van der Waals surface area contributed by atoms with Crippen LogP contribution in [-0.4, -0.2) is 51.1 Å². The van der Waals surface area contributed by atoms with E-state index in [1.54, 1.807) is 50.4 Å². The van der Waals surface area contributed by atoms with Crippen LogP contribution in [0, 0.1) is 0 Å². The molecule has 0 atom stereocenters. The highest BCUT2D eigenvalue weighted by Crippen LogP contribution is 2.27.